The van der Waals surface area contributed by atoms with Crippen LogP contribution in [0.5, 0.6) is 0 Å². The molecule has 0 aliphatic heterocycles. The third kappa shape index (κ3) is 5.24. The number of fused-ring (bicyclic) bond motifs is 3. The van der Waals surface area contributed by atoms with Gasteiger partial charge in [0.2, 0.25) is 0 Å². The summed E-state index contributed by atoms with van der Waals surface area (Å²) < 4.78 is 6.55. The normalized spacial score (nSPS) is 11.9. The molecule has 0 saturated carbocycles. The Morgan fingerprint density at radius 2 is 1.55 bits per heavy atom. The van der Waals surface area contributed by atoms with Crippen molar-refractivity contribution in [3.63, 3.8) is 0 Å². The maximum atomic E-state index is 2.54. The third-order valence-corrected chi connectivity index (χ3v) is 13.1. The zero-order valence-corrected chi connectivity index (χ0v) is 23.1. The van der Waals surface area contributed by atoms with Gasteiger partial charge in [-0.3, -0.25) is 0 Å². The van der Waals surface area contributed by atoms with Crippen LogP contribution in [0.25, 0.3) is 38.5 Å². The number of hydrogen-bond acceptors (Lipinski definition) is 1. The first-order chi connectivity index (χ1) is 15.3. The Hall–Kier alpha value is -0.811. The number of hydrogen-bond donors (Lipinski definition) is 0. The van der Waals surface area contributed by atoms with Gasteiger partial charge in [0.05, 0.1) is 0 Å². The molecule has 160 valence electrons. The van der Waals surface area contributed by atoms with E-state index in [2.05, 4.69) is 60.8 Å². The Morgan fingerprint density at radius 3 is 2.35 bits per heavy atom. The van der Waals surface area contributed by atoms with Gasteiger partial charge in [-0.05, 0) is 0 Å². The minimum absolute atomic E-state index is 0.146. The molecule has 3 heterocycles. The first-order valence-corrected chi connectivity index (χ1v) is 16.7. The van der Waals surface area contributed by atoms with Gasteiger partial charge in [-0.25, -0.2) is 0 Å². The zero-order valence-electron chi connectivity index (χ0n) is 18.3. The van der Waals surface area contributed by atoms with Crippen molar-refractivity contribution in [3.05, 3.63) is 57.5 Å². The van der Waals surface area contributed by atoms with Crippen LogP contribution in [0.3, 0.4) is 0 Å². The fraction of sp³-hybridized carbons (Fsp3) is 0.357. The van der Waals surface area contributed by atoms with E-state index in [0.29, 0.717) is 14.5 Å². The number of benzene rings is 2. The summed E-state index contributed by atoms with van der Waals surface area (Å²) in [6.45, 7) is 2.30. The molecule has 0 aliphatic carbocycles. The molecule has 5 rings (SSSR count). The van der Waals surface area contributed by atoms with E-state index in [9.17, 15) is 0 Å². The van der Waals surface area contributed by atoms with Crippen molar-refractivity contribution >= 4 is 75.5 Å². The second kappa shape index (κ2) is 10.4. The molecule has 2 aromatic carbocycles. The number of thiophene rings is 1. The SMILES string of the molecule is CCCCCCCCCCc1cc2cc3cc4cc(-c5cccs5)[se]c4cc3cc2[te]1. The van der Waals surface area contributed by atoms with Gasteiger partial charge < -0.3 is 0 Å². The summed E-state index contributed by atoms with van der Waals surface area (Å²) in [6, 6.07) is 19.4. The van der Waals surface area contributed by atoms with Crippen molar-refractivity contribution in [3.8, 4) is 9.31 Å². The standard InChI is InChI=1S/C28H30SSeTe/c1-2-3-4-5-6-7-8-9-11-24-16-23-15-20-14-22-18-27(25-12-10-13-29-25)30-26(22)17-21(20)19-28(23)31-24/h10,12-19H,2-9,11H2,1H3. The van der Waals surface area contributed by atoms with E-state index in [-0.39, 0.29) is 20.4 Å². The third-order valence-electron chi connectivity index (χ3n) is 6.20. The summed E-state index contributed by atoms with van der Waals surface area (Å²) in [6.07, 6.45) is 12.7. The summed E-state index contributed by atoms with van der Waals surface area (Å²) in [5.74, 6) is 0. The fourth-order valence-corrected chi connectivity index (χ4v) is 11.0. The molecule has 3 heteroatoms. The van der Waals surface area contributed by atoms with Gasteiger partial charge in [-0.2, -0.15) is 0 Å². The molecule has 0 amide bonds. The molecule has 0 radical (unpaired) electrons. The topological polar surface area (TPSA) is 0 Å². The summed E-state index contributed by atoms with van der Waals surface area (Å²) in [5.41, 5.74) is 0. The molecular formula is C28H30SSeTe. The van der Waals surface area contributed by atoms with Crippen molar-refractivity contribution in [1.29, 1.82) is 0 Å². The number of rotatable bonds is 10. The van der Waals surface area contributed by atoms with E-state index in [4.69, 9.17) is 0 Å². The molecule has 0 atom stereocenters. The average molecular weight is 605 g/mol. The Kier molecular flexibility index (Phi) is 7.39. The van der Waals surface area contributed by atoms with Gasteiger partial charge >= 0.3 is 207 Å². The molecule has 0 N–H and O–H groups in total. The van der Waals surface area contributed by atoms with E-state index in [0.717, 1.165) is 0 Å². The minimum atomic E-state index is -0.146. The summed E-state index contributed by atoms with van der Waals surface area (Å²) >= 11 is 2.17. The maximum absolute atomic E-state index is 2.54. The molecular weight excluding hydrogens is 575 g/mol. The van der Waals surface area contributed by atoms with Gasteiger partial charge in [0, 0.05) is 0 Å². The first kappa shape index (κ1) is 22.0. The second-order valence-corrected chi connectivity index (χ2v) is 15.2. The van der Waals surface area contributed by atoms with Crippen molar-refractivity contribution in [2.24, 2.45) is 0 Å². The van der Waals surface area contributed by atoms with Crippen LogP contribution in [-0.2, 0) is 6.42 Å². The molecule has 0 unspecified atom stereocenters. The van der Waals surface area contributed by atoms with E-state index < -0.39 is 0 Å². The van der Waals surface area contributed by atoms with Crippen LogP contribution in [0, 0.1) is 0 Å². The van der Waals surface area contributed by atoms with Crippen molar-refractivity contribution in [2.75, 3.05) is 0 Å². The van der Waals surface area contributed by atoms with Crippen LogP contribution in [-0.4, -0.2) is 34.9 Å². The Bertz CT molecular complexity index is 1200. The van der Waals surface area contributed by atoms with Crippen molar-refractivity contribution < 1.29 is 0 Å². The van der Waals surface area contributed by atoms with Gasteiger partial charge in [-0.1, -0.05) is 0 Å². The van der Waals surface area contributed by atoms with Gasteiger partial charge in [-0.15, -0.1) is 0 Å². The van der Waals surface area contributed by atoms with Crippen LogP contribution in [0.1, 0.15) is 61.9 Å². The first-order valence-electron chi connectivity index (χ1n) is 11.7. The van der Waals surface area contributed by atoms with E-state index in [1.807, 2.05) is 11.3 Å². The van der Waals surface area contributed by atoms with E-state index >= 15 is 0 Å². The van der Waals surface area contributed by atoms with Crippen LogP contribution in [0.15, 0.2) is 53.9 Å². The molecule has 0 saturated heterocycles. The van der Waals surface area contributed by atoms with Gasteiger partial charge in [0.1, 0.15) is 0 Å². The zero-order chi connectivity index (χ0) is 21.0. The summed E-state index contributed by atoms with van der Waals surface area (Å²) in [4.78, 5) is 1.45. The van der Waals surface area contributed by atoms with Crippen LogP contribution in [0.4, 0.5) is 0 Å². The quantitative estimate of drug-likeness (QED) is 0.111. The summed E-state index contributed by atoms with van der Waals surface area (Å²) in [7, 11) is 0. The Balaban J connectivity index is 1.28. The van der Waals surface area contributed by atoms with Crippen molar-refractivity contribution in [2.45, 2.75) is 64.7 Å². The second-order valence-electron chi connectivity index (χ2n) is 8.65. The van der Waals surface area contributed by atoms with Crippen LogP contribution < -0.4 is 0 Å². The molecule has 5 aromatic rings. The molecule has 0 nitrogen and oxygen atoms in total. The monoisotopic (exact) mass is 608 g/mol. The number of aryl methyl sites for hydroxylation is 1. The predicted molar refractivity (Wildman–Crippen MR) is 142 cm³/mol. The van der Waals surface area contributed by atoms with Gasteiger partial charge in [0.15, 0.2) is 0 Å². The molecule has 0 aliphatic rings. The van der Waals surface area contributed by atoms with Crippen LogP contribution >= 0.6 is 11.3 Å². The van der Waals surface area contributed by atoms with E-state index in [1.54, 1.807) is 15.7 Å². The molecule has 31 heavy (non-hydrogen) atoms. The molecule has 0 bridgehead atoms. The summed E-state index contributed by atoms with van der Waals surface area (Å²) in [5, 5.41) is 8.06. The average Bonchev–Trinajstić information content (AvgIpc) is 3.51. The van der Waals surface area contributed by atoms with Crippen molar-refractivity contribution in [1.82, 2.24) is 0 Å². The molecule has 0 fully saturated rings. The number of unbranched alkanes of at least 4 members (excludes halogenated alkanes) is 7. The van der Waals surface area contributed by atoms with E-state index in [1.165, 1.54) is 84.2 Å². The molecule has 3 aromatic heterocycles. The molecule has 0 spiro atoms. The fourth-order valence-electron chi connectivity index (χ4n) is 4.48. The predicted octanol–water partition coefficient (Wildman–Crippen LogP) is 8.67. The Morgan fingerprint density at radius 1 is 0.774 bits per heavy atom. The van der Waals surface area contributed by atoms with Crippen LogP contribution in [0.2, 0.25) is 0 Å². The van der Waals surface area contributed by atoms with Gasteiger partial charge in [0.25, 0.3) is 0 Å². The Labute approximate surface area is 205 Å².